The molecule has 0 spiro atoms. The first kappa shape index (κ1) is 9.95. The number of ether oxygens (including phenoxy) is 1. The van der Waals surface area contributed by atoms with Crippen molar-refractivity contribution in [2.45, 2.75) is 50.2 Å². The van der Waals surface area contributed by atoms with E-state index in [0.29, 0.717) is 6.10 Å². The molecule has 1 aliphatic heterocycles. The predicted molar refractivity (Wildman–Crippen MR) is 53.8 cm³/mol. The summed E-state index contributed by atoms with van der Waals surface area (Å²) in [6.45, 7) is 1.75. The van der Waals surface area contributed by atoms with Crippen LogP contribution in [0.5, 0.6) is 0 Å². The largest absolute Gasteiger partial charge is 0.377 e. The third kappa shape index (κ3) is 2.08. The summed E-state index contributed by atoms with van der Waals surface area (Å²) in [7, 11) is 0. The molecule has 1 saturated heterocycles. The van der Waals surface area contributed by atoms with Crippen LogP contribution < -0.4 is 5.32 Å². The van der Waals surface area contributed by atoms with Gasteiger partial charge >= 0.3 is 0 Å². The third-order valence-electron chi connectivity index (χ3n) is 3.36. The van der Waals surface area contributed by atoms with Crippen molar-refractivity contribution in [3.05, 3.63) is 0 Å². The standard InChI is InChI=1S/C11H18N2O/c12-9-11(5-1-2-6-11)13-8-10-4-3-7-14-10/h10,13H,1-8H2. The fourth-order valence-corrected chi connectivity index (χ4v) is 2.42. The molecule has 3 nitrogen and oxygen atoms in total. The van der Waals surface area contributed by atoms with Crippen LogP contribution in [0.25, 0.3) is 0 Å². The zero-order valence-electron chi connectivity index (χ0n) is 8.59. The minimum Gasteiger partial charge on any atom is -0.377 e. The van der Waals surface area contributed by atoms with E-state index in [0.717, 1.165) is 32.4 Å². The van der Waals surface area contributed by atoms with Crippen LogP contribution in [0.2, 0.25) is 0 Å². The van der Waals surface area contributed by atoms with Crippen LogP contribution in [-0.2, 0) is 4.74 Å². The van der Waals surface area contributed by atoms with Crippen LogP contribution in [-0.4, -0.2) is 24.8 Å². The fraction of sp³-hybridized carbons (Fsp3) is 0.909. The first-order valence-electron chi connectivity index (χ1n) is 5.63. The van der Waals surface area contributed by atoms with Gasteiger partial charge in [0.2, 0.25) is 0 Å². The van der Waals surface area contributed by atoms with E-state index in [1.165, 1.54) is 19.3 Å². The Labute approximate surface area is 85.4 Å². The monoisotopic (exact) mass is 194 g/mol. The highest BCUT2D eigenvalue weighted by molar-refractivity contribution is 5.09. The molecule has 3 heteroatoms. The average molecular weight is 194 g/mol. The predicted octanol–water partition coefficient (Wildman–Crippen LogP) is 1.59. The maximum absolute atomic E-state index is 9.14. The molecule has 0 aromatic carbocycles. The van der Waals surface area contributed by atoms with Crippen molar-refractivity contribution in [1.29, 1.82) is 5.26 Å². The van der Waals surface area contributed by atoms with Gasteiger partial charge in [-0.05, 0) is 25.7 Å². The van der Waals surface area contributed by atoms with Crippen molar-refractivity contribution in [3.8, 4) is 6.07 Å². The van der Waals surface area contributed by atoms with E-state index in [1.54, 1.807) is 0 Å². The van der Waals surface area contributed by atoms with Crippen molar-refractivity contribution in [1.82, 2.24) is 5.32 Å². The summed E-state index contributed by atoms with van der Waals surface area (Å²) < 4.78 is 5.53. The van der Waals surface area contributed by atoms with Crippen LogP contribution in [0, 0.1) is 11.3 Å². The van der Waals surface area contributed by atoms with Gasteiger partial charge < -0.3 is 4.74 Å². The van der Waals surface area contributed by atoms with Gasteiger partial charge in [-0.3, -0.25) is 5.32 Å². The van der Waals surface area contributed by atoms with Gasteiger partial charge in [-0.15, -0.1) is 0 Å². The summed E-state index contributed by atoms with van der Waals surface area (Å²) >= 11 is 0. The molecule has 1 heterocycles. The molecule has 0 amide bonds. The minimum absolute atomic E-state index is 0.230. The van der Waals surface area contributed by atoms with Crippen molar-refractivity contribution in [3.63, 3.8) is 0 Å². The lowest BCUT2D eigenvalue weighted by Gasteiger charge is -2.23. The molecule has 0 bridgehead atoms. The summed E-state index contributed by atoms with van der Waals surface area (Å²) in [5.74, 6) is 0. The Balaban J connectivity index is 1.80. The molecule has 14 heavy (non-hydrogen) atoms. The Morgan fingerprint density at radius 3 is 2.71 bits per heavy atom. The van der Waals surface area contributed by atoms with Crippen LogP contribution in [0.4, 0.5) is 0 Å². The Bertz CT molecular complexity index is 222. The van der Waals surface area contributed by atoms with Crippen molar-refractivity contribution in [2.75, 3.05) is 13.2 Å². The lowest BCUT2D eigenvalue weighted by atomic mass is 9.99. The molecule has 0 aromatic heterocycles. The number of nitrogens with one attached hydrogen (secondary N) is 1. The Morgan fingerprint density at radius 1 is 1.36 bits per heavy atom. The molecular weight excluding hydrogens is 176 g/mol. The molecule has 1 unspecified atom stereocenters. The van der Waals surface area contributed by atoms with E-state index in [1.807, 2.05) is 0 Å². The molecule has 0 aromatic rings. The minimum atomic E-state index is -0.230. The first-order valence-corrected chi connectivity index (χ1v) is 5.63. The third-order valence-corrected chi connectivity index (χ3v) is 3.36. The zero-order valence-corrected chi connectivity index (χ0v) is 8.59. The van der Waals surface area contributed by atoms with Crippen LogP contribution in [0.1, 0.15) is 38.5 Å². The van der Waals surface area contributed by atoms with Gasteiger partial charge in [-0.25, -0.2) is 0 Å². The highest BCUT2D eigenvalue weighted by atomic mass is 16.5. The normalized spacial score (nSPS) is 30.4. The molecule has 1 saturated carbocycles. The van der Waals surface area contributed by atoms with Crippen LogP contribution in [0.3, 0.4) is 0 Å². The van der Waals surface area contributed by atoms with Crippen molar-refractivity contribution in [2.24, 2.45) is 0 Å². The Hall–Kier alpha value is -0.590. The number of nitrogens with zero attached hydrogens (tertiary/aromatic N) is 1. The second kappa shape index (κ2) is 4.29. The van der Waals surface area contributed by atoms with E-state index in [-0.39, 0.29) is 5.54 Å². The van der Waals surface area contributed by atoms with E-state index in [2.05, 4.69) is 11.4 Å². The van der Waals surface area contributed by atoms with Crippen molar-refractivity contribution < 1.29 is 4.74 Å². The molecule has 1 atom stereocenters. The number of hydrogen-bond donors (Lipinski definition) is 1. The molecule has 0 radical (unpaired) electrons. The zero-order chi connectivity index (χ0) is 9.86. The molecule has 1 N–H and O–H groups in total. The Kier molecular flexibility index (Phi) is 3.05. The maximum atomic E-state index is 9.14. The number of nitriles is 1. The smallest absolute Gasteiger partial charge is 0.106 e. The molecule has 78 valence electrons. The van der Waals surface area contributed by atoms with Gasteiger partial charge in [0, 0.05) is 13.2 Å². The maximum Gasteiger partial charge on any atom is 0.106 e. The van der Waals surface area contributed by atoms with Gasteiger partial charge in [-0.1, -0.05) is 12.8 Å². The molecule has 2 fully saturated rings. The van der Waals surface area contributed by atoms with E-state index in [9.17, 15) is 0 Å². The molecule has 1 aliphatic carbocycles. The average Bonchev–Trinajstić information content (AvgIpc) is 2.87. The summed E-state index contributed by atoms with van der Waals surface area (Å²) in [6, 6.07) is 2.43. The molecular formula is C11H18N2O. The highest BCUT2D eigenvalue weighted by Gasteiger charge is 2.34. The number of hydrogen-bond acceptors (Lipinski definition) is 3. The van der Waals surface area contributed by atoms with Gasteiger partial charge in [0.05, 0.1) is 12.2 Å². The molecule has 2 aliphatic rings. The van der Waals surface area contributed by atoms with E-state index in [4.69, 9.17) is 10.00 Å². The quantitative estimate of drug-likeness (QED) is 0.742. The summed E-state index contributed by atoms with van der Waals surface area (Å²) in [4.78, 5) is 0. The lowest BCUT2D eigenvalue weighted by molar-refractivity contribution is 0.104. The van der Waals surface area contributed by atoms with Crippen LogP contribution in [0.15, 0.2) is 0 Å². The van der Waals surface area contributed by atoms with Gasteiger partial charge in [-0.2, -0.15) is 5.26 Å². The van der Waals surface area contributed by atoms with Crippen molar-refractivity contribution >= 4 is 0 Å². The second-order valence-corrected chi connectivity index (χ2v) is 4.42. The highest BCUT2D eigenvalue weighted by Crippen LogP contribution is 2.29. The second-order valence-electron chi connectivity index (χ2n) is 4.42. The number of rotatable bonds is 3. The summed E-state index contributed by atoms with van der Waals surface area (Å²) in [5, 5.41) is 12.5. The van der Waals surface area contributed by atoms with Crippen LogP contribution >= 0.6 is 0 Å². The summed E-state index contributed by atoms with van der Waals surface area (Å²) in [5.41, 5.74) is -0.230. The SMILES string of the molecule is N#CC1(NCC2CCCO2)CCCC1. The topological polar surface area (TPSA) is 45.0 Å². The molecule has 2 rings (SSSR count). The van der Waals surface area contributed by atoms with Gasteiger partial charge in [0.25, 0.3) is 0 Å². The Morgan fingerprint density at radius 2 is 2.14 bits per heavy atom. The fourth-order valence-electron chi connectivity index (χ4n) is 2.42. The van der Waals surface area contributed by atoms with E-state index < -0.39 is 0 Å². The summed E-state index contributed by atoms with van der Waals surface area (Å²) in [6.07, 6.45) is 7.06. The lowest BCUT2D eigenvalue weighted by Crippen LogP contribution is -2.44. The van der Waals surface area contributed by atoms with Gasteiger partial charge in [0.15, 0.2) is 0 Å². The van der Waals surface area contributed by atoms with E-state index >= 15 is 0 Å². The first-order chi connectivity index (χ1) is 6.85. The van der Waals surface area contributed by atoms with Gasteiger partial charge in [0.1, 0.15) is 5.54 Å².